The lowest BCUT2D eigenvalue weighted by Gasteiger charge is -2.11. The van der Waals surface area contributed by atoms with Gasteiger partial charge in [-0.05, 0) is 46.7 Å². The lowest BCUT2D eigenvalue weighted by Crippen LogP contribution is -2.12. The highest BCUT2D eigenvalue weighted by molar-refractivity contribution is 5.56. The summed E-state index contributed by atoms with van der Waals surface area (Å²) in [7, 11) is 0. The van der Waals surface area contributed by atoms with Crippen LogP contribution in [0.3, 0.4) is 0 Å². The molecule has 1 aliphatic rings. The third-order valence-electron chi connectivity index (χ3n) is 3.34. The van der Waals surface area contributed by atoms with Crippen LogP contribution in [0.1, 0.15) is 26.2 Å². The molecule has 1 saturated carbocycles. The molecule has 0 spiro atoms. The number of hydrogen-bond donors (Lipinski definition) is 1. The Hall–Kier alpha value is -1.65. The zero-order valence-electron chi connectivity index (χ0n) is 9.93. The van der Waals surface area contributed by atoms with E-state index in [0.29, 0.717) is 11.6 Å². The summed E-state index contributed by atoms with van der Waals surface area (Å²) in [5.74, 6) is 1.33. The van der Waals surface area contributed by atoms with Crippen LogP contribution in [-0.4, -0.2) is 16.5 Å². The molecule has 1 aliphatic carbocycles. The molecule has 1 heterocycles. The maximum absolute atomic E-state index is 10.8. The number of anilines is 1. The van der Waals surface area contributed by atoms with Crippen LogP contribution in [0.15, 0.2) is 18.3 Å². The maximum Gasteiger partial charge on any atom is 0.386 e. The number of rotatable bonds is 4. The van der Waals surface area contributed by atoms with Crippen LogP contribution in [0.4, 0.5) is 11.5 Å². The van der Waals surface area contributed by atoms with Crippen LogP contribution in [0.2, 0.25) is 0 Å². The van der Waals surface area contributed by atoms with Gasteiger partial charge in [-0.25, -0.2) is 0 Å². The molecule has 92 valence electrons. The van der Waals surface area contributed by atoms with E-state index in [1.54, 1.807) is 12.1 Å². The molecule has 2 atom stereocenters. The van der Waals surface area contributed by atoms with Crippen LogP contribution in [0.5, 0.6) is 0 Å². The summed E-state index contributed by atoms with van der Waals surface area (Å²) in [4.78, 5) is 14.1. The van der Waals surface area contributed by atoms with Gasteiger partial charge < -0.3 is 15.4 Å². The van der Waals surface area contributed by atoms with Crippen molar-refractivity contribution in [3.8, 4) is 0 Å². The average Bonchev–Trinajstić information content (AvgIpc) is 2.73. The van der Waals surface area contributed by atoms with Crippen LogP contribution >= 0.6 is 0 Å². The molecule has 2 rings (SSSR count). The van der Waals surface area contributed by atoms with E-state index in [4.69, 9.17) is 0 Å². The van der Waals surface area contributed by atoms with Gasteiger partial charge in [0.25, 0.3) is 0 Å². The van der Waals surface area contributed by atoms with Gasteiger partial charge in [0.05, 0.1) is 0 Å². The Labute approximate surface area is 100 Å². The van der Waals surface area contributed by atoms with Crippen LogP contribution in [0, 0.1) is 22.0 Å². The van der Waals surface area contributed by atoms with Crippen molar-refractivity contribution in [2.24, 2.45) is 11.8 Å². The molecule has 1 N–H and O–H groups in total. The van der Waals surface area contributed by atoms with Crippen molar-refractivity contribution in [3.63, 3.8) is 0 Å². The molecule has 0 bridgehead atoms. The van der Waals surface area contributed by atoms with Crippen LogP contribution in [0.25, 0.3) is 0 Å². The van der Waals surface area contributed by atoms with Crippen molar-refractivity contribution in [1.82, 2.24) is 4.98 Å². The van der Waals surface area contributed by atoms with E-state index in [-0.39, 0.29) is 5.82 Å². The number of nitrogens with one attached hydrogen (secondary N) is 1. The second-order valence-corrected chi connectivity index (χ2v) is 4.80. The van der Waals surface area contributed by atoms with Crippen molar-refractivity contribution in [2.75, 3.05) is 11.9 Å². The van der Waals surface area contributed by atoms with E-state index < -0.39 is 4.92 Å². The molecule has 2 unspecified atom stereocenters. The van der Waals surface area contributed by atoms with Gasteiger partial charge in [-0.15, -0.1) is 0 Å². The van der Waals surface area contributed by atoms with Crippen molar-refractivity contribution < 1.29 is 4.92 Å². The van der Waals surface area contributed by atoms with E-state index in [9.17, 15) is 10.1 Å². The molecule has 17 heavy (non-hydrogen) atoms. The minimum absolute atomic E-state index is 0.0847. The summed E-state index contributed by atoms with van der Waals surface area (Å²) in [6, 6.07) is 3.43. The van der Waals surface area contributed by atoms with Gasteiger partial charge in [0.15, 0.2) is 0 Å². The summed E-state index contributed by atoms with van der Waals surface area (Å²) in [6.45, 7) is 3.06. The molecule has 0 aromatic carbocycles. The molecular weight excluding hydrogens is 218 g/mol. The fraction of sp³-hybridized carbons (Fsp3) is 0.583. The molecule has 5 heteroatoms. The summed E-state index contributed by atoms with van der Waals surface area (Å²) in [6.07, 6.45) is 5.13. The van der Waals surface area contributed by atoms with Crippen molar-refractivity contribution in [1.29, 1.82) is 0 Å². The van der Waals surface area contributed by atoms with Crippen LogP contribution in [-0.2, 0) is 0 Å². The number of nitrogens with zero attached hydrogens (tertiary/aromatic N) is 2. The predicted octanol–water partition coefficient (Wildman–Crippen LogP) is 2.84. The van der Waals surface area contributed by atoms with E-state index in [2.05, 4.69) is 17.2 Å². The Bertz CT molecular complexity index is 408. The molecule has 0 radical (unpaired) electrons. The summed E-state index contributed by atoms with van der Waals surface area (Å²) < 4.78 is 0. The van der Waals surface area contributed by atoms with Gasteiger partial charge in [0.1, 0.15) is 11.9 Å². The second kappa shape index (κ2) is 5.12. The molecule has 1 aromatic rings. The Morgan fingerprint density at radius 2 is 2.41 bits per heavy atom. The summed E-state index contributed by atoms with van der Waals surface area (Å²) in [5, 5.41) is 13.9. The van der Waals surface area contributed by atoms with Gasteiger partial charge in [0, 0.05) is 6.54 Å². The second-order valence-electron chi connectivity index (χ2n) is 4.80. The van der Waals surface area contributed by atoms with Crippen molar-refractivity contribution in [2.45, 2.75) is 26.2 Å². The first-order valence-corrected chi connectivity index (χ1v) is 6.00. The Morgan fingerprint density at radius 3 is 3.06 bits per heavy atom. The maximum atomic E-state index is 10.8. The summed E-state index contributed by atoms with van der Waals surface area (Å²) >= 11 is 0. The van der Waals surface area contributed by atoms with Crippen molar-refractivity contribution in [3.05, 3.63) is 28.4 Å². The highest BCUT2D eigenvalue weighted by Crippen LogP contribution is 2.31. The first-order valence-electron chi connectivity index (χ1n) is 6.00. The van der Waals surface area contributed by atoms with Gasteiger partial charge in [0.2, 0.25) is 0 Å². The Morgan fingerprint density at radius 1 is 1.59 bits per heavy atom. The van der Waals surface area contributed by atoms with E-state index >= 15 is 0 Å². The third kappa shape index (κ3) is 2.93. The smallest absolute Gasteiger partial charge is 0.378 e. The normalized spacial score (nSPS) is 23.6. The topological polar surface area (TPSA) is 68.1 Å². The lowest BCUT2D eigenvalue weighted by atomic mass is 10.1. The quantitative estimate of drug-likeness (QED) is 0.643. The number of aromatic nitrogens is 1. The third-order valence-corrected chi connectivity index (χ3v) is 3.34. The van der Waals surface area contributed by atoms with Gasteiger partial charge in [-0.1, -0.05) is 13.3 Å². The standard InChI is InChI=1S/C12H17N3O2/c1-9-4-5-10(7-9)8-14-11-3-2-6-13-12(11)15(16)17/h2-3,6,9-10,14H,4-5,7-8H2,1H3. The zero-order valence-corrected chi connectivity index (χ0v) is 9.93. The van der Waals surface area contributed by atoms with E-state index in [0.717, 1.165) is 12.5 Å². The van der Waals surface area contributed by atoms with E-state index in [1.807, 2.05) is 0 Å². The zero-order chi connectivity index (χ0) is 12.3. The first-order chi connectivity index (χ1) is 8.16. The van der Waals surface area contributed by atoms with Gasteiger partial charge in [-0.2, -0.15) is 0 Å². The molecule has 0 saturated heterocycles. The highest BCUT2D eigenvalue weighted by atomic mass is 16.6. The SMILES string of the molecule is CC1CCC(CNc2cccnc2[N+](=O)[O-])C1. The Balaban J connectivity index is 1.97. The lowest BCUT2D eigenvalue weighted by molar-refractivity contribution is -0.388. The van der Waals surface area contributed by atoms with Crippen molar-refractivity contribution >= 4 is 11.5 Å². The fourth-order valence-electron chi connectivity index (χ4n) is 2.45. The monoisotopic (exact) mass is 235 g/mol. The highest BCUT2D eigenvalue weighted by Gasteiger charge is 2.22. The van der Waals surface area contributed by atoms with Gasteiger partial charge in [-0.3, -0.25) is 0 Å². The molecular formula is C12H17N3O2. The van der Waals surface area contributed by atoms with E-state index in [1.165, 1.54) is 25.5 Å². The minimum Gasteiger partial charge on any atom is -0.378 e. The average molecular weight is 235 g/mol. The number of hydrogen-bond acceptors (Lipinski definition) is 4. The predicted molar refractivity (Wildman–Crippen MR) is 65.9 cm³/mol. The number of pyridine rings is 1. The molecule has 1 aromatic heterocycles. The Kier molecular flexibility index (Phi) is 3.56. The molecule has 0 aliphatic heterocycles. The molecule has 1 fully saturated rings. The van der Waals surface area contributed by atoms with Gasteiger partial charge >= 0.3 is 5.82 Å². The molecule has 0 amide bonds. The minimum atomic E-state index is -0.445. The first kappa shape index (κ1) is 11.8. The number of nitro groups is 1. The fourth-order valence-corrected chi connectivity index (χ4v) is 2.45. The molecule has 5 nitrogen and oxygen atoms in total. The van der Waals surface area contributed by atoms with Crippen LogP contribution < -0.4 is 5.32 Å². The largest absolute Gasteiger partial charge is 0.386 e. The summed E-state index contributed by atoms with van der Waals surface area (Å²) in [5.41, 5.74) is 0.525.